The normalized spacial score (nSPS) is 11.8. The van der Waals surface area contributed by atoms with Gasteiger partial charge in [0.1, 0.15) is 0 Å². The largest absolute Gasteiger partial charge is 0.370 e. The molecule has 0 fully saturated rings. The van der Waals surface area contributed by atoms with E-state index in [1.54, 1.807) is 6.20 Å². The summed E-state index contributed by atoms with van der Waals surface area (Å²) in [5.41, 5.74) is 6.84. The van der Waals surface area contributed by atoms with Gasteiger partial charge in [-0.3, -0.25) is 9.98 Å². The van der Waals surface area contributed by atoms with Gasteiger partial charge in [-0.05, 0) is 31.9 Å². The second-order valence-corrected chi connectivity index (χ2v) is 3.68. The van der Waals surface area contributed by atoms with E-state index in [0.717, 1.165) is 6.42 Å². The van der Waals surface area contributed by atoms with Crippen LogP contribution in [0.4, 0.5) is 0 Å². The Bertz CT molecular complexity index is 306. The number of nitrogens with two attached hydrogens (primary N) is 1. The predicted molar refractivity (Wildman–Crippen MR) is 62.7 cm³/mol. The first kappa shape index (κ1) is 11.5. The Kier molecular flexibility index (Phi) is 4.60. The molecule has 0 unspecified atom stereocenters. The van der Waals surface area contributed by atoms with Gasteiger partial charge in [0.05, 0.1) is 0 Å². The van der Waals surface area contributed by atoms with Crippen LogP contribution in [-0.2, 0) is 6.42 Å². The van der Waals surface area contributed by atoms with Crippen LogP contribution in [0.3, 0.4) is 0 Å². The summed E-state index contributed by atoms with van der Waals surface area (Å²) in [4.78, 5) is 8.25. The molecule has 82 valence electrons. The quantitative estimate of drug-likeness (QED) is 0.569. The number of nitrogens with zero attached hydrogens (tertiary/aromatic N) is 2. The Labute approximate surface area is 90.6 Å². The maximum absolute atomic E-state index is 5.66. The molecule has 4 nitrogen and oxygen atoms in total. The summed E-state index contributed by atoms with van der Waals surface area (Å²) in [6.07, 6.45) is 4.48. The van der Waals surface area contributed by atoms with Crippen molar-refractivity contribution in [2.45, 2.75) is 26.3 Å². The highest BCUT2D eigenvalue weighted by atomic mass is 15.1. The molecule has 3 N–H and O–H groups in total. The van der Waals surface area contributed by atoms with Gasteiger partial charge in [0.15, 0.2) is 5.96 Å². The molecule has 0 saturated carbocycles. The van der Waals surface area contributed by atoms with Gasteiger partial charge >= 0.3 is 0 Å². The monoisotopic (exact) mass is 206 g/mol. The summed E-state index contributed by atoms with van der Waals surface area (Å²) in [5.74, 6) is 0.508. The van der Waals surface area contributed by atoms with E-state index in [9.17, 15) is 0 Å². The summed E-state index contributed by atoms with van der Waals surface area (Å²) in [5, 5.41) is 3.04. The smallest absolute Gasteiger partial charge is 0.188 e. The number of nitrogens with one attached hydrogen (secondary N) is 1. The maximum atomic E-state index is 5.66. The van der Waals surface area contributed by atoms with Crippen molar-refractivity contribution in [3.05, 3.63) is 30.1 Å². The lowest BCUT2D eigenvalue weighted by Gasteiger charge is -2.08. The molecule has 0 bridgehead atoms. The molecule has 1 aromatic rings. The number of aromatic nitrogens is 1. The van der Waals surface area contributed by atoms with Crippen molar-refractivity contribution in [2.24, 2.45) is 10.7 Å². The van der Waals surface area contributed by atoms with Crippen molar-refractivity contribution < 1.29 is 0 Å². The van der Waals surface area contributed by atoms with Crippen LogP contribution in [0.1, 0.15) is 19.4 Å². The minimum Gasteiger partial charge on any atom is -0.370 e. The molecule has 0 atom stereocenters. The Hall–Kier alpha value is -1.58. The molecule has 0 aliphatic rings. The number of pyridine rings is 1. The van der Waals surface area contributed by atoms with E-state index in [1.807, 2.05) is 32.2 Å². The predicted octanol–water partition coefficient (Wildman–Crippen LogP) is 0.937. The average molecular weight is 206 g/mol. The summed E-state index contributed by atoms with van der Waals surface area (Å²) >= 11 is 0. The molecule has 0 amide bonds. The van der Waals surface area contributed by atoms with E-state index in [0.29, 0.717) is 18.5 Å². The maximum Gasteiger partial charge on any atom is 0.188 e. The van der Waals surface area contributed by atoms with Crippen molar-refractivity contribution in [3.63, 3.8) is 0 Å². The van der Waals surface area contributed by atoms with Crippen molar-refractivity contribution in [2.75, 3.05) is 6.54 Å². The van der Waals surface area contributed by atoms with Gasteiger partial charge in [0.25, 0.3) is 0 Å². The number of aliphatic imine (C=N–C) groups is 1. The molecule has 1 aromatic heterocycles. The highest BCUT2D eigenvalue weighted by Crippen LogP contribution is 1.96. The van der Waals surface area contributed by atoms with Crippen LogP contribution in [0.15, 0.2) is 29.5 Å². The van der Waals surface area contributed by atoms with Crippen LogP contribution in [0.2, 0.25) is 0 Å². The molecule has 0 aromatic carbocycles. The third-order valence-electron chi connectivity index (χ3n) is 1.84. The van der Waals surface area contributed by atoms with Crippen LogP contribution in [0, 0.1) is 0 Å². The average Bonchev–Trinajstić information content (AvgIpc) is 2.18. The zero-order valence-electron chi connectivity index (χ0n) is 9.27. The van der Waals surface area contributed by atoms with Crippen molar-refractivity contribution in [1.82, 2.24) is 10.3 Å². The van der Waals surface area contributed by atoms with Crippen LogP contribution >= 0.6 is 0 Å². The summed E-state index contributed by atoms with van der Waals surface area (Å²) in [6, 6.07) is 4.29. The first-order valence-corrected chi connectivity index (χ1v) is 5.14. The van der Waals surface area contributed by atoms with Crippen LogP contribution in [-0.4, -0.2) is 23.5 Å². The fourth-order valence-corrected chi connectivity index (χ4v) is 1.19. The molecule has 0 spiro atoms. The fraction of sp³-hybridized carbons (Fsp3) is 0.455. The minimum atomic E-state index is 0.326. The number of rotatable bonds is 4. The topological polar surface area (TPSA) is 63.3 Å². The molecule has 0 aliphatic heterocycles. The van der Waals surface area contributed by atoms with Crippen LogP contribution in [0.5, 0.6) is 0 Å². The van der Waals surface area contributed by atoms with E-state index < -0.39 is 0 Å². The van der Waals surface area contributed by atoms with E-state index in [1.165, 1.54) is 5.56 Å². The first-order valence-electron chi connectivity index (χ1n) is 5.14. The fourth-order valence-electron chi connectivity index (χ4n) is 1.19. The lowest BCUT2D eigenvalue weighted by atomic mass is 10.2. The van der Waals surface area contributed by atoms with Crippen molar-refractivity contribution in [3.8, 4) is 0 Å². The second-order valence-electron chi connectivity index (χ2n) is 3.68. The van der Waals surface area contributed by atoms with Crippen LogP contribution in [0.25, 0.3) is 0 Å². The van der Waals surface area contributed by atoms with E-state index in [2.05, 4.69) is 15.3 Å². The lowest BCUT2D eigenvalue weighted by molar-refractivity contribution is 0.723. The van der Waals surface area contributed by atoms with Crippen LogP contribution < -0.4 is 11.1 Å². The molecule has 1 rings (SSSR count). The molecular formula is C11H18N4. The van der Waals surface area contributed by atoms with Gasteiger partial charge in [-0.2, -0.15) is 0 Å². The van der Waals surface area contributed by atoms with Gasteiger partial charge in [0, 0.05) is 25.0 Å². The number of hydrogen-bond donors (Lipinski definition) is 2. The highest BCUT2D eigenvalue weighted by molar-refractivity contribution is 5.78. The standard InChI is InChI=1S/C11H18N4/c1-9(2)15-11(12)14-7-5-10-4-3-6-13-8-10/h3-4,6,8-9H,5,7H2,1-2H3,(H3,12,14,15). The lowest BCUT2D eigenvalue weighted by Crippen LogP contribution is -2.36. The van der Waals surface area contributed by atoms with Crippen molar-refractivity contribution in [1.29, 1.82) is 0 Å². The number of guanidine groups is 1. The molecule has 1 heterocycles. The van der Waals surface area contributed by atoms with E-state index in [-0.39, 0.29) is 0 Å². The summed E-state index contributed by atoms with van der Waals surface area (Å²) < 4.78 is 0. The van der Waals surface area contributed by atoms with Gasteiger partial charge in [-0.1, -0.05) is 6.07 Å². The molecule has 4 heteroatoms. The zero-order chi connectivity index (χ0) is 11.1. The Morgan fingerprint density at radius 1 is 1.60 bits per heavy atom. The molecular weight excluding hydrogens is 188 g/mol. The molecule has 0 saturated heterocycles. The van der Waals surface area contributed by atoms with Gasteiger partial charge in [-0.25, -0.2) is 0 Å². The SMILES string of the molecule is CC(C)NC(N)=NCCc1cccnc1. The summed E-state index contributed by atoms with van der Waals surface area (Å²) in [7, 11) is 0. The van der Waals surface area contributed by atoms with Gasteiger partial charge < -0.3 is 11.1 Å². The number of hydrogen-bond acceptors (Lipinski definition) is 2. The third kappa shape index (κ3) is 5.00. The highest BCUT2D eigenvalue weighted by Gasteiger charge is 1.95. The second kappa shape index (κ2) is 6.01. The van der Waals surface area contributed by atoms with Gasteiger partial charge in [0.2, 0.25) is 0 Å². The van der Waals surface area contributed by atoms with Gasteiger partial charge in [-0.15, -0.1) is 0 Å². The van der Waals surface area contributed by atoms with E-state index >= 15 is 0 Å². The Balaban J connectivity index is 2.32. The summed E-state index contributed by atoms with van der Waals surface area (Å²) in [6.45, 7) is 4.75. The Morgan fingerprint density at radius 2 is 2.40 bits per heavy atom. The van der Waals surface area contributed by atoms with E-state index in [4.69, 9.17) is 5.73 Å². The Morgan fingerprint density at radius 3 is 3.00 bits per heavy atom. The van der Waals surface area contributed by atoms with Crippen molar-refractivity contribution >= 4 is 5.96 Å². The minimum absolute atomic E-state index is 0.326. The first-order chi connectivity index (χ1) is 7.18. The molecule has 0 aliphatic carbocycles. The third-order valence-corrected chi connectivity index (χ3v) is 1.84. The molecule has 0 radical (unpaired) electrons. The molecule has 15 heavy (non-hydrogen) atoms. The zero-order valence-corrected chi connectivity index (χ0v) is 9.27.